The van der Waals surface area contributed by atoms with Crippen molar-refractivity contribution < 1.29 is 9.18 Å². The van der Waals surface area contributed by atoms with Gasteiger partial charge in [-0.1, -0.05) is 17.7 Å². The molecule has 0 spiro atoms. The van der Waals surface area contributed by atoms with Gasteiger partial charge in [-0.25, -0.2) is 14.4 Å². The van der Waals surface area contributed by atoms with E-state index < -0.39 is 0 Å². The minimum atomic E-state index is -0.386. The normalized spacial score (nSPS) is 13.3. The average Bonchev–Trinajstić information content (AvgIpc) is 2.89. The number of fused-ring (bicyclic) bond motifs is 1. The van der Waals surface area contributed by atoms with Gasteiger partial charge in [0.1, 0.15) is 5.82 Å². The highest BCUT2D eigenvalue weighted by Crippen LogP contribution is 2.24. The van der Waals surface area contributed by atoms with Crippen LogP contribution in [0.5, 0.6) is 0 Å². The van der Waals surface area contributed by atoms with Gasteiger partial charge in [-0.3, -0.25) is 4.79 Å². The van der Waals surface area contributed by atoms with Crippen molar-refractivity contribution in [2.45, 2.75) is 25.9 Å². The molecule has 0 saturated heterocycles. The molecule has 1 aliphatic rings. The molecule has 22 heavy (non-hydrogen) atoms. The molecular weight excluding hydrogens is 307 g/mol. The lowest BCUT2D eigenvalue weighted by Crippen LogP contribution is -2.25. The van der Waals surface area contributed by atoms with E-state index in [9.17, 15) is 9.18 Å². The van der Waals surface area contributed by atoms with Crippen LogP contribution in [0, 0.1) is 5.82 Å². The molecule has 0 unspecified atom stereocenters. The average molecular weight is 321 g/mol. The topological polar surface area (TPSA) is 72.1 Å². The van der Waals surface area contributed by atoms with Gasteiger partial charge in [-0.05, 0) is 18.6 Å². The predicted octanol–water partition coefficient (Wildman–Crippen LogP) is 2.33. The van der Waals surface area contributed by atoms with Crippen LogP contribution >= 0.6 is 11.6 Å². The molecule has 0 saturated carbocycles. The van der Waals surface area contributed by atoms with Gasteiger partial charge in [0.05, 0.1) is 12.2 Å². The lowest BCUT2D eigenvalue weighted by atomic mass is 10.1. The number of aromatic nitrogens is 2. The Hall–Kier alpha value is -2.21. The number of carbonyl (C=O) groups excluding carboxylic acids is 1. The van der Waals surface area contributed by atoms with E-state index >= 15 is 0 Å². The third kappa shape index (κ3) is 2.87. The van der Waals surface area contributed by atoms with Crippen LogP contribution < -0.4 is 5.73 Å². The number of nitrogens with zero attached hydrogens (tertiary/aromatic N) is 3. The Morgan fingerprint density at radius 1 is 1.41 bits per heavy atom. The van der Waals surface area contributed by atoms with E-state index in [0.717, 1.165) is 11.3 Å². The molecule has 0 bridgehead atoms. The summed E-state index contributed by atoms with van der Waals surface area (Å²) in [6.45, 7) is 0.866. The van der Waals surface area contributed by atoms with Crippen LogP contribution in [0.25, 0.3) is 0 Å². The lowest BCUT2D eigenvalue weighted by molar-refractivity contribution is -0.131. The predicted molar refractivity (Wildman–Crippen MR) is 80.4 cm³/mol. The largest absolute Gasteiger partial charge is 0.368 e. The van der Waals surface area contributed by atoms with Crippen molar-refractivity contribution in [2.75, 3.05) is 5.73 Å². The van der Waals surface area contributed by atoms with E-state index in [1.165, 1.54) is 6.07 Å². The number of nitrogen functional groups attached to an aromatic ring is 1. The Morgan fingerprint density at radius 3 is 3.00 bits per heavy atom. The van der Waals surface area contributed by atoms with E-state index in [-0.39, 0.29) is 30.5 Å². The second kappa shape index (κ2) is 5.88. The molecule has 2 aromatic rings. The number of halogens is 2. The first kappa shape index (κ1) is 14.7. The molecule has 3 rings (SSSR count). The first-order chi connectivity index (χ1) is 10.5. The number of nitrogens with two attached hydrogens (primary N) is 1. The van der Waals surface area contributed by atoms with Crippen LogP contribution in [0.4, 0.5) is 10.3 Å². The molecule has 7 heteroatoms. The van der Waals surface area contributed by atoms with Gasteiger partial charge in [-0.15, -0.1) is 0 Å². The highest BCUT2D eigenvalue weighted by Gasteiger charge is 2.25. The fourth-order valence-corrected chi connectivity index (χ4v) is 2.76. The Morgan fingerprint density at radius 2 is 2.23 bits per heavy atom. The van der Waals surface area contributed by atoms with Gasteiger partial charge in [0.15, 0.2) is 0 Å². The van der Waals surface area contributed by atoms with Crippen molar-refractivity contribution in [1.82, 2.24) is 14.9 Å². The Balaban J connectivity index is 1.65. The first-order valence-electron chi connectivity index (χ1n) is 6.85. The molecule has 2 heterocycles. The maximum atomic E-state index is 13.7. The number of rotatable bonds is 3. The van der Waals surface area contributed by atoms with Crippen LogP contribution in [0.3, 0.4) is 0 Å². The number of hydrogen-bond donors (Lipinski definition) is 1. The minimum absolute atomic E-state index is 0.0732. The summed E-state index contributed by atoms with van der Waals surface area (Å²) in [5, 5.41) is 0.344. The van der Waals surface area contributed by atoms with Gasteiger partial charge < -0.3 is 10.6 Å². The second-order valence-corrected chi connectivity index (χ2v) is 5.56. The molecule has 2 N–H and O–H groups in total. The SMILES string of the molecule is Nc1ncc2c(n1)CN(C(=O)CCc1c(F)cccc1Cl)C2. The lowest BCUT2D eigenvalue weighted by Gasteiger charge is -2.15. The van der Waals surface area contributed by atoms with E-state index in [1.54, 1.807) is 23.2 Å². The van der Waals surface area contributed by atoms with Crippen LogP contribution in [-0.2, 0) is 24.3 Å². The standard InChI is InChI=1S/C15H14ClFN4O/c16-11-2-1-3-12(17)10(11)4-5-14(22)21-7-9-6-19-15(18)20-13(9)8-21/h1-3,6H,4-5,7-8H2,(H2,18,19,20). The summed E-state index contributed by atoms with van der Waals surface area (Å²) in [5.41, 5.74) is 7.57. The van der Waals surface area contributed by atoms with Gasteiger partial charge in [0.2, 0.25) is 11.9 Å². The minimum Gasteiger partial charge on any atom is -0.368 e. The highest BCUT2D eigenvalue weighted by molar-refractivity contribution is 6.31. The van der Waals surface area contributed by atoms with E-state index in [0.29, 0.717) is 23.7 Å². The molecule has 1 amide bonds. The van der Waals surface area contributed by atoms with E-state index in [1.807, 2.05) is 0 Å². The third-order valence-corrected chi connectivity index (χ3v) is 4.03. The number of anilines is 1. The smallest absolute Gasteiger partial charge is 0.223 e. The van der Waals surface area contributed by atoms with Gasteiger partial charge in [0.25, 0.3) is 0 Å². The Bertz CT molecular complexity index is 717. The Labute approximate surface area is 131 Å². The summed E-state index contributed by atoms with van der Waals surface area (Å²) in [4.78, 5) is 22.0. The summed E-state index contributed by atoms with van der Waals surface area (Å²) in [6.07, 6.45) is 2.10. The van der Waals surface area contributed by atoms with Crippen LogP contribution in [0.1, 0.15) is 23.2 Å². The zero-order valence-corrected chi connectivity index (χ0v) is 12.5. The molecule has 1 aliphatic heterocycles. The number of carbonyl (C=O) groups is 1. The molecule has 1 aromatic heterocycles. The molecular formula is C15H14ClFN4O. The summed E-state index contributed by atoms with van der Waals surface area (Å²) >= 11 is 5.97. The van der Waals surface area contributed by atoms with Crippen molar-refractivity contribution in [1.29, 1.82) is 0 Å². The quantitative estimate of drug-likeness (QED) is 0.942. The summed E-state index contributed by atoms with van der Waals surface area (Å²) in [5.74, 6) is -0.259. The molecule has 0 atom stereocenters. The fourth-order valence-electron chi connectivity index (χ4n) is 2.51. The number of benzene rings is 1. The molecule has 114 valence electrons. The number of amides is 1. The molecule has 5 nitrogen and oxygen atoms in total. The van der Waals surface area contributed by atoms with Gasteiger partial charge >= 0.3 is 0 Å². The monoisotopic (exact) mass is 320 g/mol. The van der Waals surface area contributed by atoms with Crippen molar-refractivity contribution in [3.63, 3.8) is 0 Å². The molecule has 0 aliphatic carbocycles. The van der Waals surface area contributed by atoms with E-state index in [2.05, 4.69) is 9.97 Å². The molecule has 0 fully saturated rings. The van der Waals surface area contributed by atoms with Gasteiger partial charge in [0, 0.05) is 35.3 Å². The second-order valence-electron chi connectivity index (χ2n) is 5.15. The van der Waals surface area contributed by atoms with Crippen LogP contribution in [0.2, 0.25) is 5.02 Å². The molecule has 1 aromatic carbocycles. The zero-order valence-electron chi connectivity index (χ0n) is 11.7. The maximum absolute atomic E-state index is 13.7. The first-order valence-corrected chi connectivity index (χ1v) is 7.23. The van der Waals surface area contributed by atoms with Gasteiger partial charge in [-0.2, -0.15) is 0 Å². The van der Waals surface area contributed by atoms with Crippen molar-refractivity contribution in [2.24, 2.45) is 0 Å². The van der Waals surface area contributed by atoms with Crippen LogP contribution in [0.15, 0.2) is 24.4 Å². The summed E-state index contributed by atoms with van der Waals surface area (Å²) in [7, 11) is 0. The molecule has 0 radical (unpaired) electrons. The van der Waals surface area contributed by atoms with Crippen molar-refractivity contribution >= 4 is 23.5 Å². The maximum Gasteiger partial charge on any atom is 0.223 e. The Kier molecular flexibility index (Phi) is 3.94. The van der Waals surface area contributed by atoms with Crippen molar-refractivity contribution in [3.05, 3.63) is 52.1 Å². The van der Waals surface area contributed by atoms with Crippen molar-refractivity contribution in [3.8, 4) is 0 Å². The fraction of sp³-hybridized carbons (Fsp3) is 0.267. The summed E-state index contributed by atoms with van der Waals surface area (Å²) < 4.78 is 13.7. The highest BCUT2D eigenvalue weighted by atomic mass is 35.5. The number of hydrogen-bond acceptors (Lipinski definition) is 4. The van der Waals surface area contributed by atoms with E-state index in [4.69, 9.17) is 17.3 Å². The van der Waals surface area contributed by atoms with Crippen LogP contribution in [-0.4, -0.2) is 20.8 Å². The third-order valence-electron chi connectivity index (χ3n) is 3.68. The zero-order chi connectivity index (χ0) is 15.7. The summed E-state index contributed by atoms with van der Waals surface area (Å²) in [6, 6.07) is 4.51.